The number of nitrogens with zero attached hydrogens (tertiary/aromatic N) is 3. The normalized spacial score (nSPS) is 11.4. The van der Waals surface area contributed by atoms with Gasteiger partial charge in [-0.2, -0.15) is 5.10 Å². The lowest BCUT2D eigenvalue weighted by molar-refractivity contribution is 0.414. The molecule has 0 amide bonds. The Balaban J connectivity index is 1.80. The second kappa shape index (κ2) is 7.95. The molecule has 152 valence electrons. The van der Waals surface area contributed by atoms with Crippen molar-refractivity contribution in [2.24, 2.45) is 0 Å². The number of hydrogen-bond acceptors (Lipinski definition) is 4. The van der Waals surface area contributed by atoms with Gasteiger partial charge in [0.1, 0.15) is 23.1 Å². The highest BCUT2D eigenvalue weighted by Gasteiger charge is 2.37. The molecule has 0 spiro atoms. The molecule has 5 heteroatoms. The van der Waals surface area contributed by atoms with Gasteiger partial charge in [-0.3, -0.25) is 0 Å². The van der Waals surface area contributed by atoms with Gasteiger partial charge in [-0.1, -0.05) is 72.8 Å². The number of nitrogens with one attached hydrogen (secondary N) is 1. The third-order valence-corrected chi connectivity index (χ3v) is 5.58. The zero-order valence-electron chi connectivity index (χ0n) is 17.1. The summed E-state index contributed by atoms with van der Waals surface area (Å²) in [6.07, 6.45) is 3.49. The van der Waals surface area contributed by atoms with Crippen molar-refractivity contribution >= 4 is 11.3 Å². The summed E-state index contributed by atoms with van der Waals surface area (Å²) in [6.45, 7) is 0. The second-order valence-corrected chi connectivity index (χ2v) is 7.28. The summed E-state index contributed by atoms with van der Waals surface area (Å²) in [6, 6.07) is 33.0. The van der Waals surface area contributed by atoms with Crippen LogP contribution in [0, 0.1) is 0 Å². The third kappa shape index (κ3) is 3.30. The van der Waals surface area contributed by atoms with Crippen LogP contribution in [0.5, 0.6) is 5.75 Å². The number of methoxy groups -OCH3 is 1. The zero-order valence-corrected chi connectivity index (χ0v) is 17.1. The van der Waals surface area contributed by atoms with Gasteiger partial charge in [0.25, 0.3) is 0 Å². The average Bonchev–Trinajstić information content (AvgIpc) is 3.34. The molecule has 5 rings (SSSR count). The number of benzene rings is 3. The summed E-state index contributed by atoms with van der Waals surface area (Å²) in [5.74, 6) is 1.57. The molecule has 0 aliphatic heterocycles. The summed E-state index contributed by atoms with van der Waals surface area (Å²) in [5, 5.41) is 8.12. The second-order valence-electron chi connectivity index (χ2n) is 7.28. The number of ether oxygens (including phenoxy) is 1. The predicted octanol–water partition coefficient (Wildman–Crippen LogP) is 5.14. The highest BCUT2D eigenvalue weighted by Crippen LogP contribution is 2.40. The molecule has 5 aromatic rings. The Bertz CT molecular complexity index is 1240. The minimum absolute atomic E-state index is 0.673. The first-order chi connectivity index (χ1) is 15.3. The Morgan fingerprint density at radius 3 is 1.97 bits per heavy atom. The maximum absolute atomic E-state index is 5.41. The van der Waals surface area contributed by atoms with Crippen LogP contribution in [-0.2, 0) is 5.54 Å². The van der Waals surface area contributed by atoms with E-state index in [0.29, 0.717) is 0 Å². The van der Waals surface area contributed by atoms with Crippen LogP contribution < -0.4 is 10.1 Å². The number of hydrogen-bond donors (Lipinski definition) is 1. The van der Waals surface area contributed by atoms with Gasteiger partial charge >= 0.3 is 0 Å². The van der Waals surface area contributed by atoms with E-state index in [2.05, 4.69) is 76.1 Å². The molecule has 0 unspecified atom stereocenters. The summed E-state index contributed by atoms with van der Waals surface area (Å²) >= 11 is 0. The quantitative estimate of drug-likeness (QED) is 0.397. The van der Waals surface area contributed by atoms with Crippen LogP contribution in [-0.4, -0.2) is 21.7 Å². The minimum atomic E-state index is -0.673. The maximum atomic E-state index is 5.41. The van der Waals surface area contributed by atoms with Crippen molar-refractivity contribution in [1.82, 2.24) is 14.6 Å². The van der Waals surface area contributed by atoms with Crippen LogP contribution in [0.2, 0.25) is 0 Å². The Kier molecular flexibility index (Phi) is 4.84. The SMILES string of the molecule is COc1ccc(C(Nc2ncnn3cccc23)(c2ccccc2)c2ccccc2)cc1. The molecule has 0 fully saturated rings. The van der Waals surface area contributed by atoms with E-state index in [1.54, 1.807) is 13.4 Å². The third-order valence-electron chi connectivity index (χ3n) is 5.58. The molecular formula is C26H22N4O. The number of anilines is 1. The molecule has 3 aromatic carbocycles. The number of aromatic nitrogens is 3. The molecule has 0 radical (unpaired) electrons. The zero-order chi connectivity index (χ0) is 21.1. The molecule has 0 bridgehead atoms. The number of rotatable bonds is 6. The highest BCUT2D eigenvalue weighted by molar-refractivity contribution is 5.71. The van der Waals surface area contributed by atoms with Crippen LogP contribution in [0.25, 0.3) is 5.52 Å². The van der Waals surface area contributed by atoms with E-state index < -0.39 is 5.54 Å². The predicted molar refractivity (Wildman–Crippen MR) is 122 cm³/mol. The lowest BCUT2D eigenvalue weighted by atomic mass is 9.77. The lowest BCUT2D eigenvalue weighted by Crippen LogP contribution is -2.38. The van der Waals surface area contributed by atoms with Crippen LogP contribution in [0.4, 0.5) is 5.82 Å². The fourth-order valence-electron chi connectivity index (χ4n) is 4.07. The smallest absolute Gasteiger partial charge is 0.155 e. The molecule has 1 N–H and O–H groups in total. The maximum Gasteiger partial charge on any atom is 0.155 e. The van der Waals surface area contributed by atoms with E-state index in [1.165, 1.54) is 0 Å². The van der Waals surface area contributed by atoms with Gasteiger partial charge in [0.2, 0.25) is 0 Å². The topological polar surface area (TPSA) is 51.5 Å². The van der Waals surface area contributed by atoms with E-state index >= 15 is 0 Å². The monoisotopic (exact) mass is 406 g/mol. The largest absolute Gasteiger partial charge is 0.497 e. The standard InChI is InChI=1S/C26H22N4O/c1-31-23-16-14-22(15-17-23)26(20-9-4-2-5-10-20,21-11-6-3-7-12-21)29-25-24-13-8-18-30(24)28-19-27-25/h2-19H,1H3,(H,27,28,29). The summed E-state index contributed by atoms with van der Waals surface area (Å²) in [5.41, 5.74) is 3.53. The fraction of sp³-hybridized carbons (Fsp3) is 0.0769. The van der Waals surface area contributed by atoms with Gasteiger partial charge in [-0.05, 0) is 41.0 Å². The van der Waals surface area contributed by atoms with Crippen molar-refractivity contribution in [3.63, 3.8) is 0 Å². The number of fused-ring (bicyclic) bond motifs is 1. The molecule has 0 aliphatic carbocycles. The van der Waals surface area contributed by atoms with E-state index in [0.717, 1.165) is 33.8 Å². The fourth-order valence-corrected chi connectivity index (χ4v) is 4.07. The Morgan fingerprint density at radius 1 is 0.742 bits per heavy atom. The molecule has 2 heterocycles. The first-order valence-electron chi connectivity index (χ1n) is 10.1. The van der Waals surface area contributed by atoms with Gasteiger partial charge < -0.3 is 10.1 Å². The molecule has 0 saturated carbocycles. The van der Waals surface area contributed by atoms with Crippen molar-refractivity contribution < 1.29 is 4.74 Å². The Hall–Kier alpha value is -4.12. The highest BCUT2D eigenvalue weighted by atomic mass is 16.5. The molecular weight excluding hydrogens is 384 g/mol. The summed E-state index contributed by atoms with van der Waals surface area (Å²) in [7, 11) is 1.68. The van der Waals surface area contributed by atoms with Crippen molar-refractivity contribution in [1.29, 1.82) is 0 Å². The summed E-state index contributed by atoms with van der Waals surface area (Å²) < 4.78 is 7.24. The van der Waals surface area contributed by atoms with E-state index in [4.69, 9.17) is 4.74 Å². The van der Waals surface area contributed by atoms with Gasteiger partial charge in [-0.25, -0.2) is 9.50 Å². The average molecular weight is 406 g/mol. The van der Waals surface area contributed by atoms with Crippen LogP contribution in [0.1, 0.15) is 16.7 Å². The minimum Gasteiger partial charge on any atom is -0.497 e. The first-order valence-corrected chi connectivity index (χ1v) is 10.1. The molecule has 0 aliphatic rings. The van der Waals surface area contributed by atoms with Crippen molar-refractivity contribution in [3.05, 3.63) is 126 Å². The van der Waals surface area contributed by atoms with Crippen molar-refractivity contribution in [3.8, 4) is 5.75 Å². The van der Waals surface area contributed by atoms with Gasteiger partial charge in [0.05, 0.1) is 7.11 Å². The molecule has 2 aromatic heterocycles. The van der Waals surface area contributed by atoms with Crippen molar-refractivity contribution in [2.75, 3.05) is 12.4 Å². The first kappa shape index (κ1) is 18.9. The van der Waals surface area contributed by atoms with Crippen LogP contribution >= 0.6 is 0 Å². The Morgan fingerprint density at radius 2 is 1.35 bits per heavy atom. The summed E-state index contributed by atoms with van der Waals surface area (Å²) in [4.78, 5) is 4.61. The molecule has 31 heavy (non-hydrogen) atoms. The van der Waals surface area contributed by atoms with Crippen molar-refractivity contribution in [2.45, 2.75) is 5.54 Å². The van der Waals surface area contributed by atoms with E-state index in [1.807, 2.05) is 47.1 Å². The van der Waals surface area contributed by atoms with Gasteiger partial charge in [0.15, 0.2) is 5.82 Å². The van der Waals surface area contributed by atoms with Gasteiger partial charge in [-0.15, -0.1) is 0 Å². The molecule has 0 saturated heterocycles. The van der Waals surface area contributed by atoms with E-state index in [-0.39, 0.29) is 0 Å². The molecule has 5 nitrogen and oxygen atoms in total. The van der Waals surface area contributed by atoms with Crippen LogP contribution in [0.15, 0.2) is 110 Å². The van der Waals surface area contributed by atoms with Gasteiger partial charge in [0, 0.05) is 6.20 Å². The van der Waals surface area contributed by atoms with Crippen LogP contribution in [0.3, 0.4) is 0 Å². The Labute approximate surface area is 181 Å². The van der Waals surface area contributed by atoms with E-state index in [9.17, 15) is 0 Å². The molecule has 0 atom stereocenters. The lowest BCUT2D eigenvalue weighted by Gasteiger charge is -2.37.